The number of para-hydroxylation sites is 2. The van der Waals surface area contributed by atoms with Crippen LogP contribution in [0.25, 0.3) is 10.9 Å². The Bertz CT molecular complexity index is 833. The van der Waals surface area contributed by atoms with Gasteiger partial charge in [-0.05, 0) is 29.7 Å². The first-order chi connectivity index (χ1) is 10.4. The summed E-state index contributed by atoms with van der Waals surface area (Å²) in [4.78, 5) is 6.17. The Labute approximate surface area is 123 Å². The third-order valence-corrected chi connectivity index (χ3v) is 4.82. The molecule has 0 amide bonds. The smallest absolute Gasteiger partial charge is 0.122 e. The quantitative estimate of drug-likeness (QED) is 0.656. The summed E-state index contributed by atoms with van der Waals surface area (Å²) >= 11 is 0. The summed E-state index contributed by atoms with van der Waals surface area (Å²) in [5, 5.41) is 5.09. The van der Waals surface area contributed by atoms with Gasteiger partial charge < -0.3 is 10.3 Å². The third kappa shape index (κ3) is 1.58. The third-order valence-electron chi connectivity index (χ3n) is 4.82. The lowest BCUT2D eigenvalue weighted by Crippen LogP contribution is -2.42. The molecule has 1 atom stereocenters. The van der Waals surface area contributed by atoms with Crippen LogP contribution in [0.15, 0.2) is 48.5 Å². The summed E-state index contributed by atoms with van der Waals surface area (Å²) in [7, 11) is 0. The van der Waals surface area contributed by atoms with Crippen LogP contribution >= 0.6 is 0 Å². The fourth-order valence-corrected chi connectivity index (χ4v) is 3.79. The minimum Gasteiger partial charge on any atom is -0.364 e. The van der Waals surface area contributed by atoms with Crippen LogP contribution in [0, 0.1) is 0 Å². The van der Waals surface area contributed by atoms with Crippen molar-refractivity contribution in [2.75, 3.05) is 11.9 Å². The molecule has 2 aliphatic rings. The number of benzene rings is 2. The summed E-state index contributed by atoms with van der Waals surface area (Å²) < 4.78 is 0. The van der Waals surface area contributed by atoms with Gasteiger partial charge in [-0.15, -0.1) is 0 Å². The number of H-pyrrole nitrogens is 1. The van der Waals surface area contributed by atoms with E-state index in [4.69, 9.17) is 0 Å². The number of nitrogens with zero attached hydrogens (tertiary/aromatic N) is 1. The van der Waals surface area contributed by atoms with Gasteiger partial charge in [-0.2, -0.15) is 0 Å². The predicted octanol–water partition coefficient (Wildman–Crippen LogP) is 3.65. The van der Waals surface area contributed by atoms with Gasteiger partial charge in [0.1, 0.15) is 6.17 Å². The van der Waals surface area contributed by atoms with Crippen LogP contribution in [0.2, 0.25) is 0 Å². The molecule has 3 aromatic rings. The van der Waals surface area contributed by atoms with E-state index in [-0.39, 0.29) is 6.17 Å². The van der Waals surface area contributed by atoms with Gasteiger partial charge in [-0.25, -0.2) is 0 Å². The molecular formula is C18H17N3. The molecule has 3 heterocycles. The molecular weight excluding hydrogens is 258 g/mol. The van der Waals surface area contributed by atoms with Gasteiger partial charge in [-0.1, -0.05) is 36.4 Å². The molecule has 0 fully saturated rings. The Hall–Kier alpha value is -2.26. The van der Waals surface area contributed by atoms with Crippen molar-refractivity contribution >= 4 is 16.6 Å². The standard InChI is InChI=1S/C18H17N3/c1-3-7-15-12(5-1)11-21-10-9-14-13-6-2-4-8-16(13)19-17(14)18(21)20-15/h1-8,18-20H,9-11H2. The highest BCUT2D eigenvalue weighted by Crippen LogP contribution is 2.39. The molecule has 0 radical (unpaired) electrons. The van der Waals surface area contributed by atoms with Crippen molar-refractivity contribution in [1.29, 1.82) is 0 Å². The first-order valence-corrected chi connectivity index (χ1v) is 7.58. The number of rotatable bonds is 0. The van der Waals surface area contributed by atoms with Gasteiger partial charge in [0, 0.05) is 29.7 Å². The van der Waals surface area contributed by atoms with E-state index in [0.717, 1.165) is 19.5 Å². The highest BCUT2D eigenvalue weighted by atomic mass is 15.3. The lowest BCUT2D eigenvalue weighted by atomic mass is 9.98. The SMILES string of the molecule is c1ccc2c(c1)CN1CCc3c([nH]c4ccccc34)C1N2. The van der Waals surface area contributed by atoms with Crippen molar-refractivity contribution in [3.63, 3.8) is 0 Å². The number of nitrogens with one attached hydrogen (secondary N) is 2. The molecule has 0 bridgehead atoms. The Morgan fingerprint density at radius 1 is 1.00 bits per heavy atom. The van der Waals surface area contributed by atoms with Gasteiger partial charge in [0.2, 0.25) is 0 Å². The molecule has 0 saturated carbocycles. The van der Waals surface area contributed by atoms with Gasteiger partial charge in [0.25, 0.3) is 0 Å². The summed E-state index contributed by atoms with van der Waals surface area (Å²) in [6.07, 6.45) is 1.40. The fourth-order valence-electron chi connectivity index (χ4n) is 3.79. The van der Waals surface area contributed by atoms with Crippen LogP contribution < -0.4 is 5.32 Å². The summed E-state index contributed by atoms with van der Waals surface area (Å²) in [5.74, 6) is 0. The zero-order chi connectivity index (χ0) is 13.8. The van der Waals surface area contributed by atoms with E-state index in [0.29, 0.717) is 0 Å². The average molecular weight is 275 g/mol. The van der Waals surface area contributed by atoms with E-state index in [1.54, 1.807) is 0 Å². The molecule has 0 saturated heterocycles. The van der Waals surface area contributed by atoms with Crippen LogP contribution in [0.3, 0.4) is 0 Å². The largest absolute Gasteiger partial charge is 0.364 e. The average Bonchev–Trinajstić information content (AvgIpc) is 2.92. The topological polar surface area (TPSA) is 31.1 Å². The van der Waals surface area contributed by atoms with Crippen LogP contribution in [0.4, 0.5) is 5.69 Å². The molecule has 1 aromatic heterocycles. The minimum absolute atomic E-state index is 0.274. The van der Waals surface area contributed by atoms with E-state index in [2.05, 4.69) is 63.7 Å². The maximum absolute atomic E-state index is 3.71. The van der Waals surface area contributed by atoms with E-state index in [1.165, 1.54) is 33.4 Å². The van der Waals surface area contributed by atoms with E-state index in [1.807, 2.05) is 0 Å². The first-order valence-electron chi connectivity index (χ1n) is 7.58. The number of aromatic nitrogens is 1. The summed E-state index contributed by atoms with van der Waals surface area (Å²) in [6, 6.07) is 17.3. The number of hydrogen-bond donors (Lipinski definition) is 2. The van der Waals surface area contributed by atoms with Crippen LogP contribution in [0.5, 0.6) is 0 Å². The zero-order valence-corrected chi connectivity index (χ0v) is 11.8. The van der Waals surface area contributed by atoms with Crippen LogP contribution in [0.1, 0.15) is 23.0 Å². The van der Waals surface area contributed by atoms with Crippen molar-refractivity contribution < 1.29 is 0 Å². The zero-order valence-electron chi connectivity index (χ0n) is 11.8. The molecule has 3 heteroatoms. The number of hydrogen-bond acceptors (Lipinski definition) is 2. The normalized spacial score (nSPS) is 20.5. The van der Waals surface area contributed by atoms with Gasteiger partial charge >= 0.3 is 0 Å². The van der Waals surface area contributed by atoms with Crippen LogP contribution in [-0.2, 0) is 13.0 Å². The Morgan fingerprint density at radius 3 is 2.86 bits per heavy atom. The second-order valence-corrected chi connectivity index (χ2v) is 5.99. The van der Waals surface area contributed by atoms with Crippen molar-refractivity contribution in [2.24, 2.45) is 0 Å². The number of aromatic amines is 1. The second kappa shape index (κ2) is 4.12. The molecule has 0 aliphatic carbocycles. The molecule has 104 valence electrons. The molecule has 0 spiro atoms. The van der Waals surface area contributed by atoms with Crippen molar-refractivity contribution in [3.8, 4) is 0 Å². The van der Waals surface area contributed by atoms with Gasteiger partial charge in [0.05, 0.1) is 5.69 Å². The monoisotopic (exact) mass is 275 g/mol. The van der Waals surface area contributed by atoms with Crippen LogP contribution in [-0.4, -0.2) is 16.4 Å². The highest BCUT2D eigenvalue weighted by Gasteiger charge is 2.33. The maximum atomic E-state index is 3.71. The van der Waals surface area contributed by atoms with Gasteiger partial charge in [-0.3, -0.25) is 4.90 Å². The molecule has 2 aliphatic heterocycles. The second-order valence-electron chi connectivity index (χ2n) is 5.99. The number of anilines is 1. The highest BCUT2D eigenvalue weighted by molar-refractivity contribution is 5.85. The molecule has 3 nitrogen and oxygen atoms in total. The van der Waals surface area contributed by atoms with Crippen molar-refractivity contribution in [3.05, 3.63) is 65.4 Å². The molecule has 21 heavy (non-hydrogen) atoms. The van der Waals surface area contributed by atoms with Crippen molar-refractivity contribution in [1.82, 2.24) is 9.88 Å². The van der Waals surface area contributed by atoms with E-state index in [9.17, 15) is 0 Å². The van der Waals surface area contributed by atoms with Gasteiger partial charge in [0.15, 0.2) is 0 Å². The predicted molar refractivity (Wildman–Crippen MR) is 85.2 cm³/mol. The first kappa shape index (κ1) is 11.4. The minimum atomic E-state index is 0.274. The summed E-state index contributed by atoms with van der Waals surface area (Å²) in [6.45, 7) is 2.14. The lowest BCUT2D eigenvalue weighted by Gasteiger charge is -2.41. The molecule has 5 rings (SSSR count). The number of fused-ring (bicyclic) bond motifs is 6. The Kier molecular flexibility index (Phi) is 2.24. The van der Waals surface area contributed by atoms with Crippen molar-refractivity contribution in [2.45, 2.75) is 19.1 Å². The Morgan fingerprint density at radius 2 is 1.86 bits per heavy atom. The fraction of sp³-hybridized carbons (Fsp3) is 0.222. The Balaban J connectivity index is 1.66. The molecule has 2 N–H and O–H groups in total. The molecule has 2 aromatic carbocycles. The maximum Gasteiger partial charge on any atom is 0.122 e. The van der Waals surface area contributed by atoms with E-state index < -0.39 is 0 Å². The van der Waals surface area contributed by atoms with E-state index >= 15 is 0 Å². The summed E-state index contributed by atoms with van der Waals surface area (Å²) in [5.41, 5.74) is 6.75. The lowest BCUT2D eigenvalue weighted by molar-refractivity contribution is 0.185. The molecule has 1 unspecified atom stereocenters.